The maximum Gasteiger partial charge on any atom is 0.226 e. The van der Waals surface area contributed by atoms with E-state index in [1.54, 1.807) is 0 Å². The summed E-state index contributed by atoms with van der Waals surface area (Å²) in [5.41, 5.74) is 0.495. The number of nitrogens with one attached hydrogen (secondary N) is 1. The molecule has 3 aliphatic rings. The molecule has 0 bridgehead atoms. The third-order valence-corrected chi connectivity index (χ3v) is 5.25. The molecule has 3 nitrogen and oxygen atoms in total. The van der Waals surface area contributed by atoms with E-state index in [-0.39, 0.29) is 5.54 Å². The Morgan fingerprint density at radius 1 is 1.24 bits per heavy atom. The highest BCUT2D eigenvalue weighted by molar-refractivity contribution is 5.83. The molecule has 2 saturated heterocycles. The zero-order chi connectivity index (χ0) is 12.1. The Bertz CT molecular complexity index is 331. The van der Waals surface area contributed by atoms with Gasteiger partial charge >= 0.3 is 0 Å². The summed E-state index contributed by atoms with van der Waals surface area (Å²) in [4.78, 5) is 14.8. The third kappa shape index (κ3) is 1.79. The lowest BCUT2D eigenvalue weighted by Crippen LogP contribution is -2.44. The summed E-state index contributed by atoms with van der Waals surface area (Å²) in [6, 6.07) is 0. The van der Waals surface area contributed by atoms with Crippen molar-refractivity contribution in [2.45, 2.75) is 51.5 Å². The van der Waals surface area contributed by atoms with Crippen LogP contribution < -0.4 is 5.32 Å². The lowest BCUT2D eigenvalue weighted by Gasteiger charge is -2.33. The van der Waals surface area contributed by atoms with Gasteiger partial charge in [0.2, 0.25) is 5.91 Å². The molecule has 1 atom stereocenters. The summed E-state index contributed by atoms with van der Waals surface area (Å²) < 4.78 is 0. The molecular weight excluding hydrogens is 212 g/mol. The van der Waals surface area contributed by atoms with Crippen LogP contribution in [-0.2, 0) is 4.79 Å². The third-order valence-electron chi connectivity index (χ3n) is 5.25. The normalized spacial score (nSPS) is 34.0. The fourth-order valence-electron chi connectivity index (χ4n) is 3.88. The number of rotatable bonds is 1. The number of amides is 1. The molecule has 2 aliphatic heterocycles. The van der Waals surface area contributed by atoms with Gasteiger partial charge in [-0.05, 0) is 64.5 Å². The predicted octanol–water partition coefficient (Wildman–Crippen LogP) is 1.78. The van der Waals surface area contributed by atoms with Gasteiger partial charge in [0, 0.05) is 18.0 Å². The second-order valence-corrected chi connectivity index (χ2v) is 6.77. The Hall–Kier alpha value is -0.570. The molecule has 3 heteroatoms. The van der Waals surface area contributed by atoms with Crippen LogP contribution in [0.1, 0.15) is 46.0 Å². The molecule has 1 aliphatic carbocycles. The summed E-state index contributed by atoms with van der Waals surface area (Å²) in [5, 5.41) is 3.40. The average Bonchev–Trinajstić information content (AvgIpc) is 2.85. The Morgan fingerprint density at radius 2 is 1.94 bits per heavy atom. The van der Waals surface area contributed by atoms with Gasteiger partial charge in [-0.1, -0.05) is 0 Å². The molecule has 3 fully saturated rings. The number of carbonyl (C=O) groups excluding carboxylic acids is 1. The van der Waals surface area contributed by atoms with Gasteiger partial charge in [-0.25, -0.2) is 0 Å². The number of carbonyl (C=O) groups is 1. The van der Waals surface area contributed by atoms with E-state index in [0.29, 0.717) is 17.2 Å². The first-order valence-corrected chi connectivity index (χ1v) is 7.07. The van der Waals surface area contributed by atoms with Gasteiger partial charge in [0.05, 0.1) is 0 Å². The van der Waals surface area contributed by atoms with Crippen molar-refractivity contribution in [3.8, 4) is 0 Å². The highest BCUT2D eigenvalue weighted by Gasteiger charge is 2.59. The summed E-state index contributed by atoms with van der Waals surface area (Å²) in [7, 11) is 0. The van der Waals surface area contributed by atoms with Crippen LogP contribution in [0.25, 0.3) is 0 Å². The zero-order valence-electron chi connectivity index (χ0n) is 11.1. The molecule has 0 aromatic heterocycles. The molecule has 1 saturated carbocycles. The lowest BCUT2D eigenvalue weighted by atomic mass is 9.91. The number of piperidine rings is 1. The van der Waals surface area contributed by atoms with Gasteiger partial charge in [0.15, 0.2) is 0 Å². The van der Waals surface area contributed by atoms with E-state index in [0.717, 1.165) is 26.1 Å². The smallest absolute Gasteiger partial charge is 0.226 e. The van der Waals surface area contributed by atoms with Crippen molar-refractivity contribution in [1.29, 1.82) is 0 Å². The lowest BCUT2D eigenvalue weighted by molar-refractivity contribution is -0.136. The van der Waals surface area contributed by atoms with Crippen LogP contribution in [0.2, 0.25) is 0 Å². The maximum atomic E-state index is 12.6. The van der Waals surface area contributed by atoms with E-state index < -0.39 is 0 Å². The van der Waals surface area contributed by atoms with Gasteiger partial charge in [-0.3, -0.25) is 4.79 Å². The van der Waals surface area contributed by atoms with Gasteiger partial charge in [-0.15, -0.1) is 0 Å². The highest BCUT2D eigenvalue weighted by atomic mass is 16.2. The molecule has 0 aromatic carbocycles. The summed E-state index contributed by atoms with van der Waals surface area (Å²) >= 11 is 0. The van der Waals surface area contributed by atoms with Crippen LogP contribution in [-0.4, -0.2) is 36.0 Å². The van der Waals surface area contributed by atoms with Gasteiger partial charge < -0.3 is 10.2 Å². The van der Waals surface area contributed by atoms with Crippen LogP contribution in [0, 0.1) is 11.3 Å². The fraction of sp³-hybridized carbons (Fsp3) is 0.929. The van der Waals surface area contributed by atoms with Crippen molar-refractivity contribution in [1.82, 2.24) is 10.2 Å². The van der Waals surface area contributed by atoms with Crippen molar-refractivity contribution in [3.05, 3.63) is 0 Å². The molecule has 0 radical (unpaired) electrons. The first-order chi connectivity index (χ1) is 8.05. The minimum atomic E-state index is 0.105. The van der Waals surface area contributed by atoms with E-state index in [1.165, 1.54) is 25.7 Å². The van der Waals surface area contributed by atoms with Crippen molar-refractivity contribution in [3.63, 3.8) is 0 Å². The second-order valence-electron chi connectivity index (χ2n) is 6.77. The summed E-state index contributed by atoms with van der Waals surface area (Å²) in [6.07, 6.45) is 5.91. The molecule has 3 rings (SSSR count). The van der Waals surface area contributed by atoms with Crippen molar-refractivity contribution in [2.24, 2.45) is 11.3 Å². The molecule has 1 amide bonds. The van der Waals surface area contributed by atoms with Gasteiger partial charge in [-0.2, -0.15) is 0 Å². The topological polar surface area (TPSA) is 32.3 Å². The van der Waals surface area contributed by atoms with E-state index in [4.69, 9.17) is 0 Å². The van der Waals surface area contributed by atoms with Crippen LogP contribution in [0.4, 0.5) is 0 Å². The minimum absolute atomic E-state index is 0.105. The molecule has 96 valence electrons. The fourth-order valence-corrected chi connectivity index (χ4v) is 3.88. The molecule has 0 aromatic rings. The zero-order valence-corrected chi connectivity index (χ0v) is 11.1. The number of hydrogen-bond donors (Lipinski definition) is 1. The van der Waals surface area contributed by atoms with Gasteiger partial charge in [0.25, 0.3) is 0 Å². The quantitative estimate of drug-likeness (QED) is 0.752. The molecule has 1 N–H and O–H groups in total. The highest BCUT2D eigenvalue weighted by Crippen LogP contribution is 2.59. The molecule has 17 heavy (non-hydrogen) atoms. The molecule has 2 heterocycles. The van der Waals surface area contributed by atoms with Crippen LogP contribution in [0.3, 0.4) is 0 Å². The standard InChI is InChI=1S/C14H24N2O/c1-13(2)4-3-9-16(13)12(17)11-10-14(11)5-7-15-8-6-14/h11,15H,3-10H2,1-2H3. The molecular formula is C14H24N2O. The van der Waals surface area contributed by atoms with Crippen molar-refractivity contribution in [2.75, 3.05) is 19.6 Å². The van der Waals surface area contributed by atoms with Crippen molar-refractivity contribution < 1.29 is 4.79 Å². The Morgan fingerprint density at radius 3 is 2.53 bits per heavy atom. The van der Waals surface area contributed by atoms with Gasteiger partial charge in [0.1, 0.15) is 0 Å². The second kappa shape index (κ2) is 3.71. The Labute approximate surface area is 104 Å². The first-order valence-electron chi connectivity index (χ1n) is 7.07. The SMILES string of the molecule is CC1(C)CCCN1C(=O)C1CC12CCNCC2. The largest absolute Gasteiger partial charge is 0.337 e. The van der Waals surface area contributed by atoms with Crippen LogP contribution in [0.15, 0.2) is 0 Å². The maximum absolute atomic E-state index is 12.6. The Balaban J connectivity index is 1.68. The summed E-state index contributed by atoms with van der Waals surface area (Å²) in [5.74, 6) is 0.802. The molecule has 1 spiro atoms. The number of likely N-dealkylation sites (tertiary alicyclic amines) is 1. The average molecular weight is 236 g/mol. The number of hydrogen-bond acceptors (Lipinski definition) is 2. The number of nitrogens with zero attached hydrogens (tertiary/aromatic N) is 1. The molecule has 1 unspecified atom stereocenters. The summed E-state index contributed by atoms with van der Waals surface area (Å²) in [6.45, 7) is 7.63. The van der Waals surface area contributed by atoms with E-state index in [1.807, 2.05) is 0 Å². The van der Waals surface area contributed by atoms with E-state index in [2.05, 4.69) is 24.1 Å². The van der Waals surface area contributed by atoms with Crippen LogP contribution >= 0.6 is 0 Å². The monoisotopic (exact) mass is 236 g/mol. The first kappa shape index (κ1) is 11.5. The van der Waals surface area contributed by atoms with E-state index in [9.17, 15) is 4.79 Å². The minimum Gasteiger partial charge on any atom is -0.337 e. The Kier molecular flexibility index (Phi) is 2.51. The predicted molar refractivity (Wildman–Crippen MR) is 67.7 cm³/mol. The van der Waals surface area contributed by atoms with Crippen molar-refractivity contribution >= 4 is 5.91 Å². The van der Waals surface area contributed by atoms with E-state index >= 15 is 0 Å². The van der Waals surface area contributed by atoms with Crippen LogP contribution in [0.5, 0.6) is 0 Å².